The van der Waals surface area contributed by atoms with Crippen molar-refractivity contribution in [1.82, 2.24) is 5.32 Å². The Morgan fingerprint density at radius 2 is 1.90 bits per heavy atom. The van der Waals surface area contributed by atoms with Crippen LogP contribution < -0.4 is 14.8 Å². The second kappa shape index (κ2) is 10.1. The van der Waals surface area contributed by atoms with E-state index in [1.54, 1.807) is 25.3 Å². The van der Waals surface area contributed by atoms with Crippen molar-refractivity contribution in [3.05, 3.63) is 23.8 Å². The minimum atomic E-state index is -0.0790. The van der Waals surface area contributed by atoms with E-state index in [0.29, 0.717) is 30.2 Å². The molecular weight excluding hydrogens is 266 g/mol. The third-order valence-electron chi connectivity index (χ3n) is 3.22. The third kappa shape index (κ3) is 6.06. The molecule has 1 aromatic rings. The van der Waals surface area contributed by atoms with Crippen LogP contribution in [0.4, 0.5) is 0 Å². The molecule has 0 unspecified atom stereocenters. The highest BCUT2D eigenvalue weighted by atomic mass is 16.5. The van der Waals surface area contributed by atoms with Gasteiger partial charge in [-0.1, -0.05) is 33.1 Å². The van der Waals surface area contributed by atoms with Crippen LogP contribution in [0.5, 0.6) is 11.5 Å². The Morgan fingerprint density at radius 3 is 2.57 bits per heavy atom. The summed E-state index contributed by atoms with van der Waals surface area (Å²) in [6.45, 7) is 5.57. The number of hydrogen-bond donors (Lipinski definition) is 1. The van der Waals surface area contributed by atoms with Crippen molar-refractivity contribution in [3.63, 3.8) is 0 Å². The molecule has 0 heterocycles. The minimum Gasteiger partial charge on any atom is -0.493 e. The van der Waals surface area contributed by atoms with Crippen molar-refractivity contribution in [2.24, 2.45) is 0 Å². The van der Waals surface area contributed by atoms with Crippen LogP contribution in [0.2, 0.25) is 0 Å². The molecule has 21 heavy (non-hydrogen) atoms. The fourth-order valence-corrected chi connectivity index (χ4v) is 1.98. The molecule has 1 amide bonds. The van der Waals surface area contributed by atoms with Crippen LogP contribution in [0, 0.1) is 0 Å². The van der Waals surface area contributed by atoms with Crippen LogP contribution in [0.15, 0.2) is 18.2 Å². The molecule has 0 spiro atoms. The van der Waals surface area contributed by atoms with Gasteiger partial charge in [-0.05, 0) is 31.0 Å². The van der Waals surface area contributed by atoms with E-state index in [2.05, 4.69) is 12.2 Å². The van der Waals surface area contributed by atoms with E-state index < -0.39 is 0 Å². The molecule has 118 valence electrons. The summed E-state index contributed by atoms with van der Waals surface area (Å²) in [6, 6.07) is 5.31. The lowest BCUT2D eigenvalue weighted by Gasteiger charge is -2.12. The average molecular weight is 293 g/mol. The molecule has 0 aromatic heterocycles. The fraction of sp³-hybridized carbons (Fsp3) is 0.588. The monoisotopic (exact) mass is 293 g/mol. The van der Waals surface area contributed by atoms with Crippen LogP contribution in [0.25, 0.3) is 0 Å². The summed E-state index contributed by atoms with van der Waals surface area (Å²) < 4.78 is 11.0. The van der Waals surface area contributed by atoms with Crippen LogP contribution in [-0.2, 0) is 0 Å². The number of amides is 1. The van der Waals surface area contributed by atoms with E-state index in [1.807, 2.05) is 6.92 Å². The van der Waals surface area contributed by atoms with Gasteiger partial charge >= 0.3 is 0 Å². The SMILES string of the molecule is CCCCCCOc1ccc(C(=O)NCCC)cc1OC. The van der Waals surface area contributed by atoms with Gasteiger partial charge in [-0.25, -0.2) is 0 Å². The van der Waals surface area contributed by atoms with Crippen LogP contribution in [0.1, 0.15) is 56.3 Å². The lowest BCUT2D eigenvalue weighted by atomic mass is 10.2. The van der Waals surface area contributed by atoms with Crippen molar-refractivity contribution >= 4 is 5.91 Å². The quantitative estimate of drug-likeness (QED) is 0.668. The number of unbranched alkanes of at least 4 members (excludes halogenated alkanes) is 3. The molecule has 1 N–H and O–H groups in total. The Bertz CT molecular complexity index is 432. The normalized spacial score (nSPS) is 10.2. The highest BCUT2D eigenvalue weighted by Crippen LogP contribution is 2.28. The zero-order chi connectivity index (χ0) is 15.5. The highest BCUT2D eigenvalue weighted by molar-refractivity contribution is 5.94. The summed E-state index contributed by atoms with van der Waals surface area (Å²) in [6.07, 6.45) is 5.58. The first kappa shape index (κ1) is 17.3. The van der Waals surface area contributed by atoms with E-state index in [-0.39, 0.29) is 5.91 Å². The molecule has 1 rings (SSSR count). The van der Waals surface area contributed by atoms with E-state index in [0.717, 1.165) is 12.8 Å². The lowest BCUT2D eigenvalue weighted by molar-refractivity contribution is 0.0953. The smallest absolute Gasteiger partial charge is 0.251 e. The topological polar surface area (TPSA) is 47.6 Å². The number of methoxy groups -OCH3 is 1. The lowest BCUT2D eigenvalue weighted by Crippen LogP contribution is -2.23. The zero-order valence-electron chi connectivity index (χ0n) is 13.4. The number of nitrogens with one attached hydrogen (secondary N) is 1. The summed E-state index contributed by atoms with van der Waals surface area (Å²) in [7, 11) is 1.59. The minimum absolute atomic E-state index is 0.0790. The first-order valence-electron chi connectivity index (χ1n) is 7.82. The molecule has 0 fully saturated rings. The predicted molar refractivity (Wildman–Crippen MR) is 85.3 cm³/mol. The Balaban J connectivity index is 2.59. The molecule has 4 heteroatoms. The molecular formula is C17H27NO3. The Kier molecular flexibility index (Phi) is 8.32. The second-order valence-corrected chi connectivity index (χ2v) is 5.03. The maximum absolute atomic E-state index is 11.9. The number of ether oxygens (including phenoxy) is 2. The van der Waals surface area contributed by atoms with Gasteiger partial charge in [0, 0.05) is 12.1 Å². The molecule has 0 bridgehead atoms. The Labute approximate surface area is 127 Å². The third-order valence-corrected chi connectivity index (χ3v) is 3.22. The first-order valence-corrected chi connectivity index (χ1v) is 7.82. The Morgan fingerprint density at radius 1 is 1.10 bits per heavy atom. The van der Waals surface area contributed by atoms with Crippen LogP contribution >= 0.6 is 0 Å². The van der Waals surface area contributed by atoms with Gasteiger partial charge in [0.15, 0.2) is 11.5 Å². The van der Waals surface area contributed by atoms with Gasteiger partial charge < -0.3 is 14.8 Å². The first-order chi connectivity index (χ1) is 10.2. The van der Waals surface area contributed by atoms with Gasteiger partial charge in [0.25, 0.3) is 5.91 Å². The molecule has 0 saturated carbocycles. The predicted octanol–water partition coefficient (Wildman–Crippen LogP) is 3.79. The molecule has 0 atom stereocenters. The zero-order valence-corrected chi connectivity index (χ0v) is 13.4. The van der Waals surface area contributed by atoms with Gasteiger partial charge in [0.2, 0.25) is 0 Å². The van der Waals surface area contributed by atoms with Gasteiger partial charge in [0.05, 0.1) is 13.7 Å². The Hall–Kier alpha value is -1.71. The molecule has 0 aliphatic rings. The maximum atomic E-state index is 11.9. The van der Waals surface area contributed by atoms with Gasteiger partial charge in [0.1, 0.15) is 0 Å². The molecule has 0 aliphatic carbocycles. The second-order valence-electron chi connectivity index (χ2n) is 5.03. The van der Waals surface area contributed by atoms with Gasteiger partial charge in [-0.2, -0.15) is 0 Å². The van der Waals surface area contributed by atoms with Crippen molar-refractivity contribution in [1.29, 1.82) is 0 Å². The van der Waals surface area contributed by atoms with Crippen molar-refractivity contribution in [3.8, 4) is 11.5 Å². The average Bonchev–Trinajstić information content (AvgIpc) is 2.52. The summed E-state index contributed by atoms with van der Waals surface area (Å²) in [5.41, 5.74) is 0.596. The van der Waals surface area contributed by atoms with Crippen molar-refractivity contribution in [2.45, 2.75) is 46.0 Å². The number of benzene rings is 1. The molecule has 0 saturated heterocycles. The summed E-state index contributed by atoms with van der Waals surface area (Å²) in [5.74, 6) is 1.22. The standard InChI is InChI=1S/C17H27NO3/c1-4-6-7-8-12-21-15-10-9-14(13-16(15)20-3)17(19)18-11-5-2/h9-10,13H,4-8,11-12H2,1-3H3,(H,18,19). The number of carbonyl (C=O) groups excluding carboxylic acids is 1. The number of hydrogen-bond acceptors (Lipinski definition) is 3. The molecule has 1 aromatic carbocycles. The van der Waals surface area contributed by atoms with Gasteiger partial charge in [-0.15, -0.1) is 0 Å². The van der Waals surface area contributed by atoms with Gasteiger partial charge in [-0.3, -0.25) is 4.79 Å². The van der Waals surface area contributed by atoms with E-state index in [1.165, 1.54) is 19.3 Å². The van der Waals surface area contributed by atoms with E-state index in [4.69, 9.17) is 9.47 Å². The highest BCUT2D eigenvalue weighted by Gasteiger charge is 2.10. The molecule has 0 aliphatic heterocycles. The van der Waals surface area contributed by atoms with Crippen LogP contribution in [0.3, 0.4) is 0 Å². The summed E-state index contributed by atoms with van der Waals surface area (Å²) in [4.78, 5) is 11.9. The molecule has 0 radical (unpaired) electrons. The fourth-order valence-electron chi connectivity index (χ4n) is 1.98. The maximum Gasteiger partial charge on any atom is 0.251 e. The van der Waals surface area contributed by atoms with Crippen molar-refractivity contribution < 1.29 is 14.3 Å². The molecule has 4 nitrogen and oxygen atoms in total. The van der Waals surface area contributed by atoms with Crippen molar-refractivity contribution in [2.75, 3.05) is 20.3 Å². The largest absolute Gasteiger partial charge is 0.493 e. The van der Waals surface area contributed by atoms with Crippen LogP contribution in [-0.4, -0.2) is 26.2 Å². The van der Waals surface area contributed by atoms with E-state index >= 15 is 0 Å². The number of carbonyl (C=O) groups is 1. The number of rotatable bonds is 10. The van der Waals surface area contributed by atoms with E-state index in [9.17, 15) is 4.79 Å². The summed E-state index contributed by atoms with van der Waals surface area (Å²) in [5, 5.41) is 2.85. The summed E-state index contributed by atoms with van der Waals surface area (Å²) >= 11 is 0.